The second kappa shape index (κ2) is 6.22. The van der Waals surface area contributed by atoms with E-state index in [0.29, 0.717) is 6.54 Å². The van der Waals surface area contributed by atoms with Gasteiger partial charge in [-0.3, -0.25) is 4.79 Å². The zero-order valence-corrected chi connectivity index (χ0v) is 14.5. The summed E-state index contributed by atoms with van der Waals surface area (Å²) in [7, 11) is 0. The summed E-state index contributed by atoms with van der Waals surface area (Å²) in [5.74, 6) is -0.795. The summed E-state index contributed by atoms with van der Waals surface area (Å²) in [6.45, 7) is 9.68. The molecule has 126 valence electrons. The molecule has 1 saturated heterocycles. The van der Waals surface area contributed by atoms with Gasteiger partial charge < -0.3 is 14.4 Å². The Kier molecular flexibility index (Phi) is 4.68. The first-order valence-corrected chi connectivity index (χ1v) is 7.84. The molecule has 2 rings (SSSR count). The number of anilines is 1. The zero-order valence-electron chi connectivity index (χ0n) is 14.5. The van der Waals surface area contributed by atoms with E-state index in [1.165, 1.54) is 0 Å². The minimum absolute atomic E-state index is 0.0267. The predicted octanol–water partition coefficient (Wildman–Crippen LogP) is 2.93. The van der Waals surface area contributed by atoms with Crippen LogP contribution in [-0.2, 0) is 19.1 Å². The van der Waals surface area contributed by atoms with Crippen LogP contribution in [-0.4, -0.2) is 35.7 Å². The molecule has 1 unspecified atom stereocenters. The number of hydrogen-bond donors (Lipinski definition) is 0. The van der Waals surface area contributed by atoms with E-state index in [9.17, 15) is 9.59 Å². The molecule has 1 fully saturated rings. The fourth-order valence-corrected chi connectivity index (χ4v) is 2.65. The van der Waals surface area contributed by atoms with Crippen LogP contribution in [0.2, 0.25) is 0 Å². The molecule has 1 aromatic rings. The molecule has 0 spiro atoms. The highest BCUT2D eigenvalue weighted by molar-refractivity contribution is 5.87. The summed E-state index contributed by atoms with van der Waals surface area (Å²) in [6.07, 6.45) is -0.0267. The fraction of sp³-hybridized carbons (Fsp3) is 0.556. The van der Waals surface area contributed by atoms with Gasteiger partial charge in [0.05, 0.1) is 13.0 Å². The Labute approximate surface area is 137 Å². The number of para-hydroxylation sites is 1. The Morgan fingerprint density at radius 1 is 1.30 bits per heavy atom. The average Bonchev–Trinajstić information content (AvgIpc) is 2.40. The highest BCUT2D eigenvalue weighted by Gasteiger charge is 2.42. The molecule has 0 bridgehead atoms. The van der Waals surface area contributed by atoms with Crippen LogP contribution in [0.4, 0.5) is 5.69 Å². The molecular weight excluding hydrogens is 294 g/mol. The molecule has 0 amide bonds. The lowest BCUT2D eigenvalue weighted by Crippen LogP contribution is -2.58. The maximum absolute atomic E-state index is 12.4. The third-order valence-electron chi connectivity index (χ3n) is 3.44. The van der Waals surface area contributed by atoms with Crippen LogP contribution >= 0.6 is 0 Å². The lowest BCUT2D eigenvalue weighted by molar-refractivity contribution is -0.168. The second-order valence-corrected chi connectivity index (χ2v) is 7.45. The number of carbonyl (C=O) groups is 2. The molecule has 1 aliphatic heterocycles. The molecule has 0 radical (unpaired) electrons. The van der Waals surface area contributed by atoms with Gasteiger partial charge in [-0.25, -0.2) is 4.79 Å². The van der Waals surface area contributed by atoms with Crippen LogP contribution in [0.5, 0.6) is 0 Å². The van der Waals surface area contributed by atoms with E-state index < -0.39 is 29.2 Å². The Bertz CT molecular complexity index is 574. The largest absolute Gasteiger partial charge is 0.460 e. The van der Waals surface area contributed by atoms with Crippen molar-refractivity contribution in [3.63, 3.8) is 0 Å². The van der Waals surface area contributed by atoms with Crippen LogP contribution < -0.4 is 4.90 Å². The molecule has 1 aliphatic rings. The standard InChI is InChI=1S/C18H25NO4/c1-17(2,3)22-15(20)11-14-16(21)23-18(4,5)12-19(14)13-9-7-6-8-10-13/h6-10,14H,11-12H2,1-5H3. The molecule has 1 heterocycles. The number of hydrogen-bond acceptors (Lipinski definition) is 5. The quantitative estimate of drug-likeness (QED) is 0.802. The van der Waals surface area contributed by atoms with Crippen molar-refractivity contribution in [2.45, 2.75) is 58.3 Å². The SMILES string of the molecule is CC(C)(C)OC(=O)CC1C(=O)OC(C)(C)CN1c1ccccc1. The number of ether oxygens (including phenoxy) is 2. The van der Waals surface area contributed by atoms with E-state index in [2.05, 4.69) is 0 Å². The van der Waals surface area contributed by atoms with Crippen molar-refractivity contribution in [2.75, 3.05) is 11.4 Å². The molecule has 23 heavy (non-hydrogen) atoms. The smallest absolute Gasteiger partial charge is 0.329 e. The monoisotopic (exact) mass is 319 g/mol. The Morgan fingerprint density at radius 3 is 2.48 bits per heavy atom. The highest BCUT2D eigenvalue weighted by atomic mass is 16.6. The summed E-state index contributed by atoms with van der Waals surface area (Å²) in [6, 6.07) is 8.92. The van der Waals surface area contributed by atoms with Crippen molar-refractivity contribution in [1.29, 1.82) is 0 Å². The van der Waals surface area contributed by atoms with Crippen molar-refractivity contribution in [1.82, 2.24) is 0 Å². The molecule has 0 aromatic heterocycles. The van der Waals surface area contributed by atoms with Gasteiger partial charge in [-0.1, -0.05) is 18.2 Å². The van der Waals surface area contributed by atoms with Crippen molar-refractivity contribution in [2.24, 2.45) is 0 Å². The minimum Gasteiger partial charge on any atom is -0.460 e. The predicted molar refractivity (Wildman–Crippen MR) is 88.2 cm³/mol. The molecule has 0 aliphatic carbocycles. The molecule has 5 nitrogen and oxygen atoms in total. The number of morpholine rings is 1. The third kappa shape index (κ3) is 4.71. The lowest BCUT2D eigenvalue weighted by Gasteiger charge is -2.43. The maximum Gasteiger partial charge on any atom is 0.329 e. The number of benzene rings is 1. The fourth-order valence-electron chi connectivity index (χ4n) is 2.65. The topological polar surface area (TPSA) is 55.8 Å². The minimum atomic E-state index is -0.666. The summed E-state index contributed by atoms with van der Waals surface area (Å²) < 4.78 is 10.8. The highest BCUT2D eigenvalue weighted by Crippen LogP contribution is 2.29. The molecule has 5 heteroatoms. The van der Waals surface area contributed by atoms with Gasteiger partial charge >= 0.3 is 11.9 Å². The van der Waals surface area contributed by atoms with Crippen LogP contribution in [0.3, 0.4) is 0 Å². The van der Waals surface area contributed by atoms with Gasteiger partial charge in [0, 0.05) is 5.69 Å². The molecule has 0 saturated carbocycles. The van der Waals surface area contributed by atoms with Gasteiger partial charge in [0.1, 0.15) is 17.2 Å². The second-order valence-electron chi connectivity index (χ2n) is 7.45. The maximum atomic E-state index is 12.4. The molecule has 0 N–H and O–H groups in total. The first-order chi connectivity index (χ1) is 10.6. The van der Waals surface area contributed by atoms with Crippen LogP contribution in [0, 0.1) is 0 Å². The van der Waals surface area contributed by atoms with Crippen molar-refractivity contribution in [3.05, 3.63) is 30.3 Å². The number of esters is 2. The summed E-state index contributed by atoms with van der Waals surface area (Å²) in [4.78, 5) is 26.5. The van der Waals surface area contributed by atoms with Crippen molar-refractivity contribution >= 4 is 17.6 Å². The van der Waals surface area contributed by atoms with Crippen molar-refractivity contribution < 1.29 is 19.1 Å². The number of cyclic esters (lactones) is 1. The van der Waals surface area contributed by atoms with Crippen LogP contribution in [0.25, 0.3) is 0 Å². The third-order valence-corrected chi connectivity index (χ3v) is 3.44. The van der Waals surface area contributed by atoms with Crippen molar-refractivity contribution in [3.8, 4) is 0 Å². The Hall–Kier alpha value is -2.04. The normalized spacial score (nSPS) is 20.8. The van der Waals surface area contributed by atoms with Gasteiger partial charge in [-0.15, -0.1) is 0 Å². The van der Waals surface area contributed by atoms with Gasteiger partial charge in [-0.2, -0.15) is 0 Å². The first-order valence-electron chi connectivity index (χ1n) is 7.84. The Balaban J connectivity index is 2.23. The van der Waals surface area contributed by atoms with Crippen LogP contribution in [0.15, 0.2) is 30.3 Å². The molecule has 1 aromatic carbocycles. The van der Waals surface area contributed by atoms with E-state index >= 15 is 0 Å². The number of carbonyl (C=O) groups excluding carboxylic acids is 2. The van der Waals surface area contributed by atoms with Gasteiger partial charge in [-0.05, 0) is 46.8 Å². The van der Waals surface area contributed by atoms with E-state index in [1.54, 1.807) is 0 Å². The summed E-state index contributed by atoms with van der Waals surface area (Å²) >= 11 is 0. The zero-order chi connectivity index (χ0) is 17.3. The first kappa shape index (κ1) is 17.3. The van der Waals surface area contributed by atoms with Gasteiger partial charge in [0.2, 0.25) is 0 Å². The molecule has 1 atom stereocenters. The number of rotatable bonds is 3. The van der Waals surface area contributed by atoms with E-state index in [4.69, 9.17) is 9.47 Å². The summed E-state index contributed by atoms with van der Waals surface area (Å²) in [5.41, 5.74) is -0.282. The summed E-state index contributed by atoms with van der Waals surface area (Å²) in [5, 5.41) is 0. The lowest BCUT2D eigenvalue weighted by atomic mass is 10.0. The Morgan fingerprint density at radius 2 is 1.91 bits per heavy atom. The van der Waals surface area contributed by atoms with E-state index in [1.807, 2.05) is 69.9 Å². The average molecular weight is 319 g/mol. The number of nitrogens with zero attached hydrogens (tertiary/aromatic N) is 1. The molecular formula is C18H25NO4. The van der Waals surface area contributed by atoms with Gasteiger partial charge in [0.15, 0.2) is 0 Å². The van der Waals surface area contributed by atoms with E-state index in [-0.39, 0.29) is 6.42 Å². The van der Waals surface area contributed by atoms with Crippen LogP contribution in [0.1, 0.15) is 41.0 Å². The van der Waals surface area contributed by atoms with E-state index in [0.717, 1.165) is 5.69 Å². The van der Waals surface area contributed by atoms with Gasteiger partial charge in [0.25, 0.3) is 0 Å².